The summed E-state index contributed by atoms with van der Waals surface area (Å²) in [4.78, 5) is 11.8. The summed E-state index contributed by atoms with van der Waals surface area (Å²) >= 11 is 0. The lowest BCUT2D eigenvalue weighted by Crippen LogP contribution is -2.39. The second-order valence-electron chi connectivity index (χ2n) is 5.08. The smallest absolute Gasteiger partial charge is 0.306 e. The Bertz CT molecular complexity index is 385. The van der Waals surface area contributed by atoms with Crippen LogP contribution in [-0.4, -0.2) is 25.2 Å². The molecular formula is C16H23NO2. The zero-order valence-corrected chi connectivity index (χ0v) is 11.6. The monoisotopic (exact) mass is 261 g/mol. The Morgan fingerprint density at radius 3 is 2.79 bits per heavy atom. The highest BCUT2D eigenvalue weighted by molar-refractivity contribution is 5.70. The molecule has 1 aromatic carbocycles. The van der Waals surface area contributed by atoms with Gasteiger partial charge in [0.2, 0.25) is 0 Å². The lowest BCUT2D eigenvalue weighted by atomic mass is 9.84. The number of ether oxygens (including phenoxy) is 1. The molecule has 0 radical (unpaired) electrons. The molecule has 2 atom stereocenters. The molecule has 3 heteroatoms. The first-order valence-electron chi connectivity index (χ1n) is 7.25. The van der Waals surface area contributed by atoms with Gasteiger partial charge < -0.3 is 10.1 Å². The van der Waals surface area contributed by atoms with Gasteiger partial charge in [0.1, 0.15) is 0 Å². The van der Waals surface area contributed by atoms with Crippen LogP contribution in [0.3, 0.4) is 0 Å². The van der Waals surface area contributed by atoms with Crippen molar-refractivity contribution in [2.45, 2.75) is 44.6 Å². The van der Waals surface area contributed by atoms with Crippen LogP contribution in [0.15, 0.2) is 30.3 Å². The fraction of sp³-hybridized carbons (Fsp3) is 0.562. The van der Waals surface area contributed by atoms with Gasteiger partial charge in [0.25, 0.3) is 0 Å². The molecule has 0 saturated carbocycles. The van der Waals surface area contributed by atoms with Crippen molar-refractivity contribution in [3.63, 3.8) is 0 Å². The molecule has 2 rings (SSSR count). The van der Waals surface area contributed by atoms with Crippen LogP contribution in [-0.2, 0) is 9.53 Å². The second kappa shape index (κ2) is 7.29. The van der Waals surface area contributed by atoms with Crippen molar-refractivity contribution >= 4 is 5.97 Å². The van der Waals surface area contributed by atoms with E-state index in [1.807, 2.05) is 25.1 Å². The van der Waals surface area contributed by atoms with E-state index < -0.39 is 0 Å². The standard InChI is InChI=1S/C16H23NO2/c1-2-19-16(18)12-14(13-8-4-3-5-9-13)15-10-6-7-11-17-15/h3-5,8-9,14-15,17H,2,6-7,10-12H2,1H3/t14-,15+/m0/s1. The van der Waals surface area contributed by atoms with Gasteiger partial charge in [0, 0.05) is 12.0 Å². The first-order valence-corrected chi connectivity index (χ1v) is 7.25. The molecule has 1 aliphatic heterocycles. The van der Waals surface area contributed by atoms with E-state index in [0.29, 0.717) is 19.1 Å². The molecule has 1 fully saturated rings. The summed E-state index contributed by atoms with van der Waals surface area (Å²) in [7, 11) is 0. The Labute approximate surface area is 115 Å². The molecule has 0 amide bonds. The highest BCUT2D eigenvalue weighted by Gasteiger charge is 2.27. The van der Waals surface area contributed by atoms with Crippen molar-refractivity contribution in [3.05, 3.63) is 35.9 Å². The minimum absolute atomic E-state index is 0.0938. The molecule has 0 bridgehead atoms. The molecule has 0 unspecified atom stereocenters. The number of carbonyl (C=O) groups excluding carboxylic acids is 1. The van der Waals surface area contributed by atoms with Crippen LogP contribution < -0.4 is 5.32 Å². The van der Waals surface area contributed by atoms with Crippen LogP contribution in [0.5, 0.6) is 0 Å². The van der Waals surface area contributed by atoms with E-state index in [1.165, 1.54) is 18.4 Å². The third-order valence-electron chi connectivity index (χ3n) is 3.75. The SMILES string of the molecule is CCOC(=O)C[C@@H](c1ccccc1)[C@H]1CCCCN1. The normalized spacial score (nSPS) is 20.8. The van der Waals surface area contributed by atoms with Crippen LogP contribution in [0.2, 0.25) is 0 Å². The molecule has 104 valence electrons. The first kappa shape index (κ1) is 14.1. The minimum atomic E-state index is -0.0938. The summed E-state index contributed by atoms with van der Waals surface area (Å²) in [5.41, 5.74) is 1.23. The predicted octanol–water partition coefficient (Wildman–Crippen LogP) is 2.87. The van der Waals surface area contributed by atoms with Gasteiger partial charge in [-0.05, 0) is 31.9 Å². The molecule has 0 spiro atoms. The first-order chi connectivity index (χ1) is 9.31. The van der Waals surface area contributed by atoms with Crippen molar-refractivity contribution in [1.82, 2.24) is 5.32 Å². The molecule has 1 aromatic rings. The van der Waals surface area contributed by atoms with Gasteiger partial charge in [0.05, 0.1) is 13.0 Å². The number of rotatable bonds is 5. The average molecular weight is 261 g/mol. The number of benzene rings is 1. The van der Waals surface area contributed by atoms with Gasteiger partial charge >= 0.3 is 5.97 Å². The Kier molecular flexibility index (Phi) is 5.40. The average Bonchev–Trinajstić information content (AvgIpc) is 2.47. The van der Waals surface area contributed by atoms with Gasteiger partial charge in [-0.3, -0.25) is 4.79 Å². The molecule has 0 aliphatic carbocycles. The van der Waals surface area contributed by atoms with Crippen molar-refractivity contribution in [2.75, 3.05) is 13.2 Å². The zero-order chi connectivity index (χ0) is 13.5. The molecule has 1 saturated heterocycles. The van der Waals surface area contributed by atoms with E-state index in [2.05, 4.69) is 17.4 Å². The minimum Gasteiger partial charge on any atom is -0.466 e. The zero-order valence-electron chi connectivity index (χ0n) is 11.6. The second-order valence-corrected chi connectivity index (χ2v) is 5.08. The van der Waals surface area contributed by atoms with Gasteiger partial charge in [-0.2, -0.15) is 0 Å². The third-order valence-corrected chi connectivity index (χ3v) is 3.75. The van der Waals surface area contributed by atoms with Crippen molar-refractivity contribution in [1.29, 1.82) is 0 Å². The fourth-order valence-corrected chi connectivity index (χ4v) is 2.81. The summed E-state index contributed by atoms with van der Waals surface area (Å²) < 4.78 is 5.12. The van der Waals surface area contributed by atoms with E-state index in [9.17, 15) is 4.79 Å². The summed E-state index contributed by atoms with van der Waals surface area (Å²) in [6, 6.07) is 10.7. The molecule has 1 N–H and O–H groups in total. The number of nitrogens with one attached hydrogen (secondary N) is 1. The van der Waals surface area contributed by atoms with Crippen molar-refractivity contribution < 1.29 is 9.53 Å². The summed E-state index contributed by atoms with van der Waals surface area (Å²) in [5.74, 6) is 0.129. The molecule has 1 aliphatic rings. The molecule has 3 nitrogen and oxygen atoms in total. The Morgan fingerprint density at radius 1 is 1.37 bits per heavy atom. The maximum absolute atomic E-state index is 11.8. The number of carbonyl (C=O) groups is 1. The van der Waals surface area contributed by atoms with Gasteiger partial charge in [-0.15, -0.1) is 0 Å². The molecule has 19 heavy (non-hydrogen) atoms. The predicted molar refractivity (Wildman–Crippen MR) is 76.1 cm³/mol. The van der Waals surface area contributed by atoms with E-state index in [-0.39, 0.29) is 11.9 Å². The quantitative estimate of drug-likeness (QED) is 0.828. The van der Waals surface area contributed by atoms with Gasteiger partial charge in [0.15, 0.2) is 0 Å². The third kappa shape index (κ3) is 4.06. The maximum atomic E-state index is 11.8. The Balaban J connectivity index is 2.10. The van der Waals surface area contributed by atoms with E-state index >= 15 is 0 Å². The van der Waals surface area contributed by atoms with Crippen LogP contribution >= 0.6 is 0 Å². The molecule has 1 heterocycles. The van der Waals surface area contributed by atoms with Crippen LogP contribution in [0, 0.1) is 0 Å². The molecule has 0 aromatic heterocycles. The maximum Gasteiger partial charge on any atom is 0.306 e. The van der Waals surface area contributed by atoms with E-state index in [1.54, 1.807) is 0 Å². The van der Waals surface area contributed by atoms with Crippen LogP contribution in [0.25, 0.3) is 0 Å². The van der Waals surface area contributed by atoms with Crippen molar-refractivity contribution in [2.24, 2.45) is 0 Å². The number of hydrogen-bond donors (Lipinski definition) is 1. The largest absolute Gasteiger partial charge is 0.466 e. The summed E-state index contributed by atoms with van der Waals surface area (Å²) in [6.07, 6.45) is 4.08. The van der Waals surface area contributed by atoms with Crippen LogP contribution in [0.1, 0.15) is 44.1 Å². The van der Waals surface area contributed by atoms with Crippen molar-refractivity contribution in [3.8, 4) is 0 Å². The highest BCUT2D eigenvalue weighted by atomic mass is 16.5. The van der Waals surface area contributed by atoms with E-state index in [0.717, 1.165) is 13.0 Å². The lowest BCUT2D eigenvalue weighted by molar-refractivity contribution is -0.143. The number of piperidine rings is 1. The number of esters is 1. The van der Waals surface area contributed by atoms with Gasteiger partial charge in [-0.1, -0.05) is 36.8 Å². The highest BCUT2D eigenvalue weighted by Crippen LogP contribution is 2.28. The van der Waals surface area contributed by atoms with E-state index in [4.69, 9.17) is 4.74 Å². The lowest BCUT2D eigenvalue weighted by Gasteiger charge is -2.31. The number of hydrogen-bond acceptors (Lipinski definition) is 3. The van der Waals surface area contributed by atoms with Crippen LogP contribution in [0.4, 0.5) is 0 Å². The Morgan fingerprint density at radius 2 is 2.16 bits per heavy atom. The van der Waals surface area contributed by atoms with Gasteiger partial charge in [-0.25, -0.2) is 0 Å². The Hall–Kier alpha value is -1.35. The molecular weight excluding hydrogens is 238 g/mol. The topological polar surface area (TPSA) is 38.3 Å². The summed E-state index contributed by atoms with van der Waals surface area (Å²) in [5, 5.41) is 3.56. The summed E-state index contributed by atoms with van der Waals surface area (Å²) in [6.45, 7) is 3.36. The fourth-order valence-electron chi connectivity index (χ4n) is 2.81.